The van der Waals surface area contributed by atoms with Gasteiger partial charge in [0.25, 0.3) is 0 Å². The molecule has 4 nitrogen and oxygen atoms in total. The molecule has 0 amide bonds. The SMILES string of the molecule is CCOC(=O)c1cc(-c2ccc(Cl)c(C(F)(F)F)c2)n[nH]1. The van der Waals surface area contributed by atoms with Crippen LogP contribution in [0.15, 0.2) is 24.3 Å². The summed E-state index contributed by atoms with van der Waals surface area (Å²) in [4.78, 5) is 11.5. The Kier molecular flexibility index (Phi) is 4.22. The van der Waals surface area contributed by atoms with Crippen LogP contribution in [0.4, 0.5) is 13.2 Å². The van der Waals surface area contributed by atoms with E-state index < -0.39 is 22.7 Å². The molecule has 2 aromatic rings. The fourth-order valence-electron chi connectivity index (χ4n) is 1.68. The number of nitrogens with zero attached hydrogens (tertiary/aromatic N) is 1. The lowest BCUT2D eigenvalue weighted by molar-refractivity contribution is -0.137. The molecule has 0 unspecified atom stereocenters. The van der Waals surface area contributed by atoms with Gasteiger partial charge in [-0.25, -0.2) is 4.79 Å². The van der Waals surface area contributed by atoms with Crippen LogP contribution >= 0.6 is 11.6 Å². The van der Waals surface area contributed by atoms with E-state index in [4.69, 9.17) is 16.3 Å². The smallest absolute Gasteiger partial charge is 0.417 e. The average molecular weight is 319 g/mol. The predicted octanol–water partition coefficient (Wildman–Crippen LogP) is 3.93. The van der Waals surface area contributed by atoms with Crippen molar-refractivity contribution >= 4 is 17.6 Å². The molecule has 1 aromatic heterocycles. The highest BCUT2D eigenvalue weighted by molar-refractivity contribution is 6.31. The van der Waals surface area contributed by atoms with Crippen LogP contribution in [0.2, 0.25) is 5.02 Å². The summed E-state index contributed by atoms with van der Waals surface area (Å²) in [5.41, 5.74) is -0.503. The Morgan fingerprint density at radius 1 is 1.38 bits per heavy atom. The Hall–Kier alpha value is -2.02. The summed E-state index contributed by atoms with van der Waals surface area (Å²) in [6.45, 7) is 1.83. The highest BCUT2D eigenvalue weighted by Gasteiger charge is 2.33. The van der Waals surface area contributed by atoms with Gasteiger partial charge in [0.15, 0.2) is 0 Å². The van der Waals surface area contributed by atoms with Gasteiger partial charge in [0.2, 0.25) is 0 Å². The van der Waals surface area contributed by atoms with Crippen molar-refractivity contribution in [3.05, 3.63) is 40.5 Å². The first-order chi connectivity index (χ1) is 9.82. The van der Waals surface area contributed by atoms with Gasteiger partial charge in [0.05, 0.1) is 22.9 Å². The number of carbonyl (C=O) groups excluding carboxylic acids is 1. The summed E-state index contributed by atoms with van der Waals surface area (Å²) in [6.07, 6.45) is -4.56. The molecule has 112 valence electrons. The number of H-pyrrole nitrogens is 1. The Morgan fingerprint density at radius 2 is 2.10 bits per heavy atom. The van der Waals surface area contributed by atoms with Gasteiger partial charge in [-0.05, 0) is 25.1 Å². The van der Waals surface area contributed by atoms with Crippen LogP contribution in [0.25, 0.3) is 11.3 Å². The second-order valence-corrected chi connectivity index (χ2v) is 4.49. The molecule has 0 radical (unpaired) electrons. The Balaban J connectivity index is 2.37. The monoisotopic (exact) mass is 318 g/mol. The second-order valence-electron chi connectivity index (χ2n) is 4.08. The molecule has 0 aliphatic carbocycles. The van der Waals surface area contributed by atoms with Gasteiger partial charge in [-0.2, -0.15) is 18.3 Å². The van der Waals surface area contributed by atoms with Crippen molar-refractivity contribution in [2.75, 3.05) is 6.61 Å². The number of hydrogen-bond acceptors (Lipinski definition) is 3. The van der Waals surface area contributed by atoms with Crippen molar-refractivity contribution in [1.29, 1.82) is 0 Å². The summed E-state index contributed by atoms with van der Waals surface area (Å²) in [5.74, 6) is -0.624. The first-order valence-corrected chi connectivity index (χ1v) is 6.30. The molecular weight excluding hydrogens is 309 g/mol. The molecule has 21 heavy (non-hydrogen) atoms. The molecule has 0 saturated heterocycles. The first kappa shape index (κ1) is 15.4. The number of carbonyl (C=O) groups is 1. The van der Waals surface area contributed by atoms with E-state index in [2.05, 4.69) is 10.2 Å². The third-order valence-electron chi connectivity index (χ3n) is 2.64. The van der Waals surface area contributed by atoms with Gasteiger partial charge in [0.1, 0.15) is 5.69 Å². The molecule has 1 N–H and O–H groups in total. The maximum atomic E-state index is 12.8. The van der Waals surface area contributed by atoms with Crippen LogP contribution in [-0.2, 0) is 10.9 Å². The van der Waals surface area contributed by atoms with Crippen LogP contribution in [0.3, 0.4) is 0 Å². The molecule has 0 aliphatic rings. The normalized spacial score (nSPS) is 11.5. The quantitative estimate of drug-likeness (QED) is 0.872. The van der Waals surface area contributed by atoms with Crippen molar-refractivity contribution < 1.29 is 22.7 Å². The zero-order valence-corrected chi connectivity index (χ0v) is 11.5. The Morgan fingerprint density at radius 3 is 2.71 bits per heavy atom. The highest BCUT2D eigenvalue weighted by Crippen LogP contribution is 2.36. The van der Waals surface area contributed by atoms with Gasteiger partial charge < -0.3 is 4.74 Å². The summed E-state index contributed by atoms with van der Waals surface area (Å²) in [7, 11) is 0. The third kappa shape index (κ3) is 3.36. The molecule has 0 atom stereocenters. The number of halogens is 4. The number of ether oxygens (including phenoxy) is 1. The maximum Gasteiger partial charge on any atom is 0.417 e. The third-order valence-corrected chi connectivity index (χ3v) is 2.97. The van der Waals surface area contributed by atoms with Gasteiger partial charge >= 0.3 is 12.1 Å². The highest BCUT2D eigenvalue weighted by atomic mass is 35.5. The molecule has 0 bridgehead atoms. The number of aromatic nitrogens is 2. The van der Waals surface area contributed by atoms with Crippen LogP contribution in [0.1, 0.15) is 23.0 Å². The lowest BCUT2D eigenvalue weighted by Crippen LogP contribution is -2.06. The van der Waals surface area contributed by atoms with Crippen molar-refractivity contribution in [3.63, 3.8) is 0 Å². The van der Waals surface area contributed by atoms with Crippen molar-refractivity contribution in [3.8, 4) is 11.3 Å². The van der Waals surface area contributed by atoms with E-state index in [9.17, 15) is 18.0 Å². The van der Waals surface area contributed by atoms with E-state index in [1.54, 1.807) is 6.92 Å². The lowest BCUT2D eigenvalue weighted by atomic mass is 10.1. The van der Waals surface area contributed by atoms with Gasteiger partial charge in [-0.15, -0.1) is 0 Å². The van der Waals surface area contributed by atoms with E-state index in [0.717, 1.165) is 12.1 Å². The predicted molar refractivity (Wildman–Crippen MR) is 70.0 cm³/mol. The number of nitrogens with one attached hydrogen (secondary N) is 1. The van der Waals surface area contributed by atoms with E-state index >= 15 is 0 Å². The molecule has 8 heteroatoms. The number of aromatic amines is 1. The molecule has 0 saturated carbocycles. The Bertz CT molecular complexity index is 668. The zero-order valence-electron chi connectivity index (χ0n) is 10.8. The number of benzene rings is 1. The van der Waals surface area contributed by atoms with E-state index in [1.165, 1.54) is 12.1 Å². The minimum atomic E-state index is -4.56. The van der Waals surface area contributed by atoms with E-state index in [-0.39, 0.29) is 23.6 Å². The van der Waals surface area contributed by atoms with Crippen molar-refractivity contribution in [2.45, 2.75) is 13.1 Å². The Labute approximate surface area is 122 Å². The summed E-state index contributed by atoms with van der Waals surface area (Å²) in [5, 5.41) is 5.83. The topological polar surface area (TPSA) is 55.0 Å². The average Bonchev–Trinajstić information content (AvgIpc) is 2.88. The van der Waals surface area contributed by atoms with Gasteiger partial charge in [0, 0.05) is 5.56 Å². The number of alkyl halides is 3. The number of rotatable bonds is 3. The molecule has 0 spiro atoms. The molecule has 2 rings (SSSR count). The molecule has 0 fully saturated rings. The van der Waals surface area contributed by atoms with Crippen LogP contribution in [-0.4, -0.2) is 22.8 Å². The zero-order chi connectivity index (χ0) is 15.6. The summed E-state index contributed by atoms with van der Waals surface area (Å²) < 4.78 is 43.1. The van der Waals surface area contributed by atoms with Crippen molar-refractivity contribution in [1.82, 2.24) is 10.2 Å². The first-order valence-electron chi connectivity index (χ1n) is 5.92. The maximum absolute atomic E-state index is 12.8. The fourth-order valence-corrected chi connectivity index (χ4v) is 1.91. The van der Waals surface area contributed by atoms with Gasteiger partial charge in [-0.3, -0.25) is 5.10 Å². The number of hydrogen-bond donors (Lipinski definition) is 1. The molecule has 0 aliphatic heterocycles. The van der Waals surface area contributed by atoms with E-state index in [0.29, 0.717) is 0 Å². The van der Waals surface area contributed by atoms with Crippen LogP contribution < -0.4 is 0 Å². The summed E-state index contributed by atoms with van der Waals surface area (Å²) in [6, 6.07) is 4.73. The fraction of sp³-hybridized carbons (Fsp3) is 0.231. The standard InChI is InChI=1S/C13H10ClF3N2O2/c1-2-21-12(20)11-6-10(18-19-11)7-3-4-9(14)8(5-7)13(15,16)17/h3-6H,2H2,1H3,(H,18,19). The molecular formula is C13H10ClF3N2O2. The number of esters is 1. The minimum absolute atomic E-state index is 0.0651. The van der Waals surface area contributed by atoms with Crippen molar-refractivity contribution in [2.24, 2.45) is 0 Å². The molecule has 1 aromatic carbocycles. The van der Waals surface area contributed by atoms with E-state index in [1.807, 2.05) is 0 Å². The summed E-state index contributed by atoms with van der Waals surface area (Å²) >= 11 is 5.54. The molecule has 1 heterocycles. The van der Waals surface area contributed by atoms with Crippen LogP contribution in [0.5, 0.6) is 0 Å². The largest absolute Gasteiger partial charge is 0.461 e. The van der Waals surface area contributed by atoms with Crippen LogP contribution in [0, 0.1) is 0 Å². The lowest BCUT2D eigenvalue weighted by Gasteiger charge is -2.09. The van der Waals surface area contributed by atoms with Gasteiger partial charge in [-0.1, -0.05) is 17.7 Å². The second kappa shape index (κ2) is 5.77. The minimum Gasteiger partial charge on any atom is -0.461 e.